The first kappa shape index (κ1) is 20.7. The number of methoxy groups -OCH3 is 1. The van der Waals surface area contributed by atoms with Crippen LogP contribution in [-0.2, 0) is 16.1 Å². The lowest BCUT2D eigenvalue weighted by molar-refractivity contribution is -0.116. The van der Waals surface area contributed by atoms with E-state index in [2.05, 4.69) is 43.7 Å². The Labute approximate surface area is 159 Å². The fourth-order valence-electron chi connectivity index (χ4n) is 2.88. The molecular weight excluding hydrogens is 346 g/mol. The van der Waals surface area contributed by atoms with E-state index in [0.717, 1.165) is 37.2 Å². The number of nitrogens with one attached hydrogen (secondary N) is 2. The number of amides is 2. The van der Waals surface area contributed by atoms with Crippen LogP contribution in [0, 0.1) is 0 Å². The van der Waals surface area contributed by atoms with Gasteiger partial charge in [0.05, 0.1) is 18.1 Å². The summed E-state index contributed by atoms with van der Waals surface area (Å²) < 4.78 is 6.55. The Bertz CT molecular complexity index is 755. The lowest BCUT2D eigenvalue weighted by atomic mass is 10.3. The highest BCUT2D eigenvalue weighted by Gasteiger charge is 2.14. The van der Waals surface area contributed by atoms with Gasteiger partial charge in [0.2, 0.25) is 11.9 Å². The predicted molar refractivity (Wildman–Crippen MR) is 106 cm³/mol. The fourth-order valence-corrected chi connectivity index (χ4v) is 2.88. The minimum Gasteiger partial charge on any atom is -0.453 e. The summed E-state index contributed by atoms with van der Waals surface area (Å²) in [6, 6.07) is 7.87. The zero-order valence-corrected chi connectivity index (χ0v) is 16.3. The number of likely N-dealkylation sites (N-methyl/N-ethyl adjacent to an activating group) is 1. The van der Waals surface area contributed by atoms with Crippen LogP contribution in [0.5, 0.6) is 0 Å². The molecule has 0 fully saturated rings. The van der Waals surface area contributed by atoms with Gasteiger partial charge in [-0.3, -0.25) is 10.1 Å². The van der Waals surface area contributed by atoms with Crippen LogP contribution in [0.4, 0.5) is 10.7 Å². The second kappa shape index (κ2) is 10.5. The van der Waals surface area contributed by atoms with E-state index in [1.165, 1.54) is 7.11 Å². The number of aromatic nitrogens is 2. The molecular formula is C19H29N5O3. The molecule has 0 atom stereocenters. The molecule has 0 saturated carbocycles. The largest absolute Gasteiger partial charge is 0.453 e. The van der Waals surface area contributed by atoms with Gasteiger partial charge in [-0.25, -0.2) is 9.78 Å². The summed E-state index contributed by atoms with van der Waals surface area (Å²) >= 11 is 0. The summed E-state index contributed by atoms with van der Waals surface area (Å²) in [5, 5.41) is 5.47. The number of alkyl carbamates (subject to hydrolysis) is 1. The molecule has 2 amide bonds. The van der Waals surface area contributed by atoms with Crippen LogP contribution < -0.4 is 10.6 Å². The molecule has 0 saturated heterocycles. The van der Waals surface area contributed by atoms with Gasteiger partial charge < -0.3 is 19.5 Å². The summed E-state index contributed by atoms with van der Waals surface area (Å²) in [6.45, 7) is 8.27. The van der Waals surface area contributed by atoms with Crippen LogP contribution >= 0.6 is 0 Å². The van der Waals surface area contributed by atoms with Gasteiger partial charge in [-0.05, 0) is 31.6 Å². The molecule has 0 spiro atoms. The maximum absolute atomic E-state index is 12.3. The van der Waals surface area contributed by atoms with E-state index >= 15 is 0 Å². The predicted octanol–water partition coefficient (Wildman–Crippen LogP) is 2.45. The van der Waals surface area contributed by atoms with Gasteiger partial charge in [0.1, 0.15) is 0 Å². The van der Waals surface area contributed by atoms with Gasteiger partial charge in [-0.2, -0.15) is 0 Å². The van der Waals surface area contributed by atoms with E-state index in [9.17, 15) is 9.59 Å². The second-order valence-electron chi connectivity index (χ2n) is 6.17. The number of fused-ring (bicyclic) bond motifs is 1. The molecule has 2 N–H and O–H groups in total. The van der Waals surface area contributed by atoms with Crippen molar-refractivity contribution in [3.8, 4) is 0 Å². The number of rotatable bonds is 10. The molecule has 8 nitrogen and oxygen atoms in total. The standard InChI is InChI=1S/C19H29N5O3/c1-4-23(5-2)13-14-24-16-10-7-6-9-15(16)21-18(24)22-17(25)11-8-12-20-19(26)27-3/h6-7,9-10H,4-5,8,11-14H2,1-3H3,(H,20,26)(H,21,22,25). The summed E-state index contributed by atoms with van der Waals surface area (Å²) in [7, 11) is 1.31. The van der Waals surface area contributed by atoms with E-state index in [1.807, 2.05) is 24.3 Å². The highest BCUT2D eigenvalue weighted by molar-refractivity contribution is 5.91. The Hall–Kier alpha value is -2.61. The van der Waals surface area contributed by atoms with Crippen molar-refractivity contribution < 1.29 is 14.3 Å². The maximum atomic E-state index is 12.3. The Kier molecular flexibility index (Phi) is 8.06. The van der Waals surface area contributed by atoms with Crippen molar-refractivity contribution in [2.45, 2.75) is 33.2 Å². The molecule has 1 aromatic heterocycles. The molecule has 0 aliphatic rings. The number of nitrogens with zero attached hydrogens (tertiary/aromatic N) is 3. The first-order chi connectivity index (χ1) is 13.1. The summed E-state index contributed by atoms with van der Waals surface area (Å²) in [4.78, 5) is 30.2. The maximum Gasteiger partial charge on any atom is 0.406 e. The summed E-state index contributed by atoms with van der Waals surface area (Å²) in [6.07, 6.45) is 0.331. The van der Waals surface area contributed by atoms with E-state index in [4.69, 9.17) is 0 Å². The minimum atomic E-state index is -0.492. The molecule has 27 heavy (non-hydrogen) atoms. The van der Waals surface area contributed by atoms with E-state index in [1.54, 1.807) is 0 Å². The van der Waals surface area contributed by atoms with Crippen molar-refractivity contribution in [1.82, 2.24) is 19.8 Å². The van der Waals surface area contributed by atoms with Crippen LogP contribution in [0.25, 0.3) is 11.0 Å². The number of anilines is 1. The van der Waals surface area contributed by atoms with Crippen LogP contribution in [0.2, 0.25) is 0 Å². The molecule has 1 aromatic carbocycles. The van der Waals surface area contributed by atoms with Gasteiger partial charge >= 0.3 is 6.09 Å². The Balaban J connectivity index is 2.02. The van der Waals surface area contributed by atoms with Crippen LogP contribution in [0.1, 0.15) is 26.7 Å². The third kappa shape index (κ3) is 5.96. The minimum absolute atomic E-state index is 0.124. The van der Waals surface area contributed by atoms with Gasteiger partial charge in [-0.15, -0.1) is 0 Å². The number of hydrogen-bond donors (Lipinski definition) is 2. The van der Waals surface area contributed by atoms with Crippen molar-refractivity contribution in [2.24, 2.45) is 0 Å². The van der Waals surface area contributed by atoms with Crippen LogP contribution in [-0.4, -0.2) is 59.7 Å². The first-order valence-electron chi connectivity index (χ1n) is 9.38. The average molecular weight is 375 g/mol. The van der Waals surface area contributed by atoms with Crippen molar-refractivity contribution in [2.75, 3.05) is 38.6 Å². The van der Waals surface area contributed by atoms with E-state index in [-0.39, 0.29) is 5.91 Å². The van der Waals surface area contributed by atoms with E-state index in [0.29, 0.717) is 25.3 Å². The number of benzene rings is 1. The zero-order valence-electron chi connectivity index (χ0n) is 16.3. The van der Waals surface area contributed by atoms with Crippen molar-refractivity contribution >= 4 is 29.0 Å². The monoisotopic (exact) mass is 375 g/mol. The first-order valence-corrected chi connectivity index (χ1v) is 9.38. The number of hydrogen-bond acceptors (Lipinski definition) is 5. The van der Waals surface area contributed by atoms with Crippen molar-refractivity contribution in [3.05, 3.63) is 24.3 Å². The Morgan fingerprint density at radius 2 is 1.96 bits per heavy atom. The fraction of sp³-hybridized carbons (Fsp3) is 0.526. The number of para-hydroxylation sites is 2. The van der Waals surface area contributed by atoms with Crippen molar-refractivity contribution in [1.29, 1.82) is 0 Å². The molecule has 8 heteroatoms. The molecule has 0 bridgehead atoms. The summed E-state index contributed by atoms with van der Waals surface area (Å²) in [5.41, 5.74) is 1.87. The summed E-state index contributed by atoms with van der Waals surface area (Å²) in [5.74, 6) is 0.440. The van der Waals surface area contributed by atoms with Gasteiger partial charge in [0.25, 0.3) is 0 Å². The topological polar surface area (TPSA) is 88.5 Å². The third-order valence-corrected chi connectivity index (χ3v) is 4.48. The molecule has 1 heterocycles. The number of imidazole rings is 1. The van der Waals surface area contributed by atoms with Crippen molar-refractivity contribution in [3.63, 3.8) is 0 Å². The SMILES string of the molecule is CCN(CC)CCn1c(NC(=O)CCCNC(=O)OC)nc2ccccc21. The molecule has 0 aliphatic carbocycles. The second-order valence-corrected chi connectivity index (χ2v) is 6.17. The third-order valence-electron chi connectivity index (χ3n) is 4.48. The number of carbonyl (C=O) groups excluding carboxylic acids is 2. The smallest absolute Gasteiger partial charge is 0.406 e. The molecule has 2 aromatic rings. The van der Waals surface area contributed by atoms with Gasteiger partial charge in [0.15, 0.2) is 0 Å². The molecule has 0 radical (unpaired) electrons. The molecule has 0 unspecified atom stereocenters. The average Bonchev–Trinajstić information content (AvgIpc) is 3.03. The molecule has 2 rings (SSSR count). The lowest BCUT2D eigenvalue weighted by Crippen LogP contribution is -2.28. The lowest BCUT2D eigenvalue weighted by Gasteiger charge is -2.19. The van der Waals surface area contributed by atoms with Crippen LogP contribution in [0.3, 0.4) is 0 Å². The Morgan fingerprint density at radius 1 is 1.22 bits per heavy atom. The van der Waals surface area contributed by atoms with E-state index < -0.39 is 6.09 Å². The van der Waals surface area contributed by atoms with Gasteiger partial charge in [0, 0.05) is 26.1 Å². The zero-order chi connectivity index (χ0) is 19.6. The normalized spacial score (nSPS) is 11.0. The van der Waals surface area contributed by atoms with Gasteiger partial charge in [-0.1, -0.05) is 26.0 Å². The highest BCUT2D eigenvalue weighted by Crippen LogP contribution is 2.20. The molecule has 0 aliphatic heterocycles. The number of ether oxygens (including phenoxy) is 1. The molecule has 148 valence electrons. The Morgan fingerprint density at radius 3 is 2.67 bits per heavy atom. The highest BCUT2D eigenvalue weighted by atomic mass is 16.5. The quantitative estimate of drug-likeness (QED) is 0.623. The van der Waals surface area contributed by atoms with Crippen LogP contribution in [0.15, 0.2) is 24.3 Å². The number of carbonyl (C=O) groups is 2.